The molecule has 1 aromatic carbocycles. The Bertz CT molecular complexity index is 730. The number of phenolic OH excluding ortho intramolecular Hbond substituents is 2. The van der Waals surface area contributed by atoms with Gasteiger partial charge in [-0.2, -0.15) is 4.98 Å². The quantitative estimate of drug-likeness (QED) is 0.686. The van der Waals surface area contributed by atoms with Gasteiger partial charge in [-0.3, -0.25) is 0 Å². The van der Waals surface area contributed by atoms with Gasteiger partial charge in [-0.1, -0.05) is 11.2 Å². The van der Waals surface area contributed by atoms with Gasteiger partial charge in [0.1, 0.15) is 0 Å². The van der Waals surface area contributed by atoms with Gasteiger partial charge < -0.3 is 19.2 Å². The molecule has 2 N–H and O–H groups in total. The number of phenols is 2. The van der Waals surface area contributed by atoms with Crippen LogP contribution < -0.4 is 0 Å². The van der Waals surface area contributed by atoms with Crippen molar-refractivity contribution in [3.63, 3.8) is 0 Å². The van der Waals surface area contributed by atoms with Crippen LogP contribution in [-0.2, 0) is 0 Å². The summed E-state index contributed by atoms with van der Waals surface area (Å²) in [5.74, 6) is 0.370. The van der Waals surface area contributed by atoms with Crippen molar-refractivity contribution < 1.29 is 19.2 Å². The highest BCUT2D eigenvalue weighted by Gasteiger charge is 2.18. The van der Waals surface area contributed by atoms with E-state index in [9.17, 15) is 10.2 Å². The second kappa shape index (κ2) is 4.16. The summed E-state index contributed by atoms with van der Waals surface area (Å²) in [4.78, 5) is 4.14. The molecular formula is C13H10N2O4. The second-order valence-corrected chi connectivity index (χ2v) is 4.03. The van der Waals surface area contributed by atoms with Gasteiger partial charge in [-0.05, 0) is 30.7 Å². The maximum atomic E-state index is 9.74. The Hall–Kier alpha value is -2.76. The Morgan fingerprint density at radius 2 is 2.00 bits per heavy atom. The maximum Gasteiger partial charge on any atom is 0.262 e. The van der Waals surface area contributed by atoms with Crippen molar-refractivity contribution in [2.45, 2.75) is 6.92 Å². The van der Waals surface area contributed by atoms with Crippen molar-refractivity contribution in [2.75, 3.05) is 0 Å². The van der Waals surface area contributed by atoms with E-state index in [1.54, 1.807) is 18.2 Å². The molecule has 0 saturated heterocycles. The molecule has 0 amide bonds. The Balaban J connectivity index is 2.07. The molecule has 0 fully saturated rings. The summed E-state index contributed by atoms with van der Waals surface area (Å²) in [6.07, 6.45) is 1.53. The molecule has 3 rings (SSSR count). The summed E-state index contributed by atoms with van der Waals surface area (Å²) in [5, 5.41) is 23.0. The average molecular weight is 258 g/mol. The van der Waals surface area contributed by atoms with Crippen molar-refractivity contribution in [3.05, 3.63) is 36.1 Å². The molecule has 0 bridgehead atoms. The zero-order chi connectivity index (χ0) is 13.4. The number of hydrogen-bond acceptors (Lipinski definition) is 6. The fourth-order valence-electron chi connectivity index (χ4n) is 1.73. The molecule has 2 heterocycles. The van der Waals surface area contributed by atoms with E-state index in [0.29, 0.717) is 11.6 Å². The van der Waals surface area contributed by atoms with Crippen LogP contribution in [0.2, 0.25) is 0 Å². The van der Waals surface area contributed by atoms with Gasteiger partial charge in [-0.15, -0.1) is 0 Å². The van der Waals surface area contributed by atoms with E-state index in [1.807, 2.05) is 6.92 Å². The molecule has 19 heavy (non-hydrogen) atoms. The molecule has 0 radical (unpaired) electrons. The van der Waals surface area contributed by atoms with E-state index in [0.717, 1.165) is 5.56 Å². The molecule has 0 saturated carbocycles. The fraction of sp³-hybridized carbons (Fsp3) is 0.0769. The van der Waals surface area contributed by atoms with Crippen molar-refractivity contribution in [2.24, 2.45) is 0 Å². The Morgan fingerprint density at radius 1 is 1.16 bits per heavy atom. The van der Waals surface area contributed by atoms with Gasteiger partial charge in [0.15, 0.2) is 17.3 Å². The van der Waals surface area contributed by atoms with Gasteiger partial charge in [0.2, 0.25) is 5.82 Å². The van der Waals surface area contributed by atoms with Crippen LogP contribution in [0.3, 0.4) is 0 Å². The molecule has 0 spiro atoms. The molecule has 6 heteroatoms. The van der Waals surface area contributed by atoms with E-state index in [1.165, 1.54) is 12.3 Å². The van der Waals surface area contributed by atoms with Crippen LogP contribution in [0, 0.1) is 6.92 Å². The Labute approximate surface area is 107 Å². The minimum absolute atomic E-state index is 0.110. The third kappa shape index (κ3) is 1.83. The molecule has 0 aliphatic heterocycles. The number of rotatable bonds is 2. The minimum Gasteiger partial charge on any atom is -0.504 e. The zero-order valence-corrected chi connectivity index (χ0v) is 9.99. The smallest absolute Gasteiger partial charge is 0.262 e. The number of hydrogen-bond donors (Lipinski definition) is 2. The third-order valence-corrected chi connectivity index (χ3v) is 2.74. The van der Waals surface area contributed by atoms with Crippen LogP contribution in [-0.4, -0.2) is 20.4 Å². The number of aromatic nitrogens is 2. The van der Waals surface area contributed by atoms with Crippen molar-refractivity contribution >= 4 is 0 Å². The molecular weight excluding hydrogens is 248 g/mol. The van der Waals surface area contributed by atoms with Crippen LogP contribution in [0.15, 0.2) is 39.5 Å². The summed E-state index contributed by atoms with van der Waals surface area (Å²) in [5.41, 5.74) is 1.15. The van der Waals surface area contributed by atoms with Crippen LogP contribution in [0.4, 0.5) is 0 Å². The van der Waals surface area contributed by atoms with Crippen molar-refractivity contribution in [1.82, 2.24) is 10.1 Å². The van der Waals surface area contributed by atoms with Crippen LogP contribution in [0.25, 0.3) is 23.0 Å². The van der Waals surface area contributed by atoms with Gasteiger partial charge in [0.25, 0.3) is 5.89 Å². The largest absolute Gasteiger partial charge is 0.504 e. The first-order chi connectivity index (χ1) is 9.16. The standard InChI is InChI=1S/C13H10N2O4/c1-7-5-6-18-11(7)12-14-13(19-15-12)8-3-2-4-9(16)10(8)17/h2-6,16-17H,1H3. The monoisotopic (exact) mass is 258 g/mol. The zero-order valence-electron chi connectivity index (χ0n) is 9.99. The summed E-state index contributed by atoms with van der Waals surface area (Å²) < 4.78 is 10.3. The van der Waals surface area contributed by atoms with Crippen LogP contribution in [0.5, 0.6) is 11.5 Å². The number of aromatic hydroxyl groups is 2. The molecule has 0 aliphatic rings. The number of para-hydroxylation sites is 1. The summed E-state index contributed by atoms with van der Waals surface area (Å²) >= 11 is 0. The molecule has 0 aliphatic carbocycles. The van der Waals surface area contributed by atoms with Crippen LogP contribution >= 0.6 is 0 Å². The first-order valence-corrected chi connectivity index (χ1v) is 5.56. The van der Waals surface area contributed by atoms with E-state index in [4.69, 9.17) is 8.94 Å². The Morgan fingerprint density at radius 3 is 2.74 bits per heavy atom. The fourth-order valence-corrected chi connectivity index (χ4v) is 1.73. The lowest BCUT2D eigenvalue weighted by molar-refractivity contribution is 0.397. The lowest BCUT2D eigenvalue weighted by Crippen LogP contribution is -1.82. The van der Waals surface area contributed by atoms with Gasteiger partial charge in [0.05, 0.1) is 11.8 Å². The highest BCUT2D eigenvalue weighted by atomic mass is 16.5. The minimum atomic E-state index is -0.297. The normalized spacial score (nSPS) is 10.8. The summed E-state index contributed by atoms with van der Waals surface area (Å²) in [7, 11) is 0. The van der Waals surface area contributed by atoms with Gasteiger partial charge in [0, 0.05) is 0 Å². The second-order valence-electron chi connectivity index (χ2n) is 4.03. The van der Waals surface area contributed by atoms with Gasteiger partial charge in [-0.25, -0.2) is 0 Å². The molecule has 3 aromatic rings. The maximum absolute atomic E-state index is 9.74. The number of furan rings is 1. The van der Waals surface area contributed by atoms with Gasteiger partial charge >= 0.3 is 0 Å². The molecule has 0 unspecified atom stereocenters. The SMILES string of the molecule is Cc1ccoc1-c1noc(-c2cccc(O)c2O)n1. The van der Waals surface area contributed by atoms with E-state index >= 15 is 0 Å². The lowest BCUT2D eigenvalue weighted by atomic mass is 10.2. The third-order valence-electron chi connectivity index (χ3n) is 2.74. The van der Waals surface area contributed by atoms with Crippen LogP contribution in [0.1, 0.15) is 5.56 Å². The Kier molecular flexibility index (Phi) is 2.49. The highest BCUT2D eigenvalue weighted by molar-refractivity contribution is 5.67. The summed E-state index contributed by atoms with van der Waals surface area (Å²) in [6, 6.07) is 6.30. The first kappa shape index (κ1) is 11.3. The average Bonchev–Trinajstić information content (AvgIpc) is 3.01. The first-order valence-electron chi connectivity index (χ1n) is 5.56. The number of aryl methyl sites for hydroxylation is 1. The molecule has 0 atom stereocenters. The van der Waals surface area contributed by atoms with E-state index in [-0.39, 0.29) is 23.0 Å². The number of benzene rings is 1. The van der Waals surface area contributed by atoms with Crippen molar-refractivity contribution in [3.8, 4) is 34.5 Å². The highest BCUT2D eigenvalue weighted by Crippen LogP contribution is 2.36. The predicted octanol–water partition coefficient (Wildman–Crippen LogP) is 2.72. The molecule has 6 nitrogen and oxygen atoms in total. The lowest BCUT2D eigenvalue weighted by Gasteiger charge is -2.00. The topological polar surface area (TPSA) is 92.5 Å². The molecule has 2 aromatic heterocycles. The number of nitrogens with zero attached hydrogens (tertiary/aromatic N) is 2. The predicted molar refractivity (Wildman–Crippen MR) is 65.5 cm³/mol. The molecule has 96 valence electrons. The van der Waals surface area contributed by atoms with E-state index in [2.05, 4.69) is 10.1 Å². The summed E-state index contributed by atoms with van der Waals surface area (Å²) in [6.45, 7) is 1.86. The van der Waals surface area contributed by atoms with E-state index < -0.39 is 0 Å². The van der Waals surface area contributed by atoms with Crippen molar-refractivity contribution in [1.29, 1.82) is 0 Å².